The van der Waals surface area contributed by atoms with Crippen LogP contribution in [0.25, 0.3) is 0 Å². The van der Waals surface area contributed by atoms with E-state index in [1.165, 1.54) is 0 Å². The lowest BCUT2D eigenvalue weighted by atomic mass is 10.3. The van der Waals surface area contributed by atoms with Crippen LogP contribution >= 0.6 is 0 Å². The summed E-state index contributed by atoms with van der Waals surface area (Å²) in [7, 11) is 0. The zero-order valence-corrected chi connectivity index (χ0v) is 7.14. The van der Waals surface area contributed by atoms with Crippen LogP contribution in [0.4, 0.5) is 26.3 Å². The molecule has 0 bridgehead atoms. The summed E-state index contributed by atoms with van der Waals surface area (Å²) in [5, 5.41) is 16.7. The van der Waals surface area contributed by atoms with Gasteiger partial charge < -0.3 is 14.9 Å². The Morgan fingerprint density at radius 2 is 1.60 bits per heavy atom. The maximum absolute atomic E-state index is 12.3. The minimum atomic E-state index is -6.07. The molecule has 0 aliphatic rings. The zero-order chi connectivity index (χ0) is 12.3. The molecule has 3 nitrogen and oxygen atoms in total. The van der Waals surface area contributed by atoms with Crippen molar-refractivity contribution < 1.29 is 41.3 Å². The average molecular weight is 242 g/mol. The molecular formula is C6H8F6O3. The molecule has 0 rings (SSSR count). The van der Waals surface area contributed by atoms with E-state index < -0.39 is 37.8 Å². The summed E-state index contributed by atoms with van der Waals surface area (Å²) in [6, 6.07) is 0. The van der Waals surface area contributed by atoms with Crippen LogP contribution < -0.4 is 0 Å². The van der Waals surface area contributed by atoms with Gasteiger partial charge in [0.05, 0.1) is 13.2 Å². The number of ether oxygens (including phenoxy) is 1. The standard InChI is InChI=1S/C6H8F6O3/c7-4(15-2-3(14)1-13)5(8,9)6(10,11)12/h3-4,13-14H,1-2H2. The van der Waals surface area contributed by atoms with Crippen molar-refractivity contribution in [1.82, 2.24) is 0 Å². The second-order valence-electron chi connectivity index (χ2n) is 2.61. The molecule has 0 aromatic carbocycles. The van der Waals surface area contributed by atoms with Crippen molar-refractivity contribution in [3.05, 3.63) is 0 Å². The van der Waals surface area contributed by atoms with Gasteiger partial charge in [0.1, 0.15) is 6.10 Å². The summed E-state index contributed by atoms with van der Waals surface area (Å²) in [6.07, 6.45) is -11.7. The summed E-state index contributed by atoms with van der Waals surface area (Å²) in [5.74, 6) is -5.65. The van der Waals surface area contributed by atoms with E-state index in [1.54, 1.807) is 0 Å². The highest BCUT2D eigenvalue weighted by molar-refractivity contribution is 4.79. The maximum atomic E-state index is 12.3. The van der Waals surface area contributed by atoms with Crippen LogP contribution in [0.2, 0.25) is 0 Å². The molecule has 0 aromatic heterocycles. The molecule has 0 saturated heterocycles. The molecule has 0 saturated carbocycles. The van der Waals surface area contributed by atoms with Crippen LogP contribution in [0.1, 0.15) is 0 Å². The fraction of sp³-hybridized carbons (Fsp3) is 1.00. The fourth-order valence-electron chi connectivity index (χ4n) is 0.482. The summed E-state index contributed by atoms with van der Waals surface area (Å²) in [5.41, 5.74) is 0. The van der Waals surface area contributed by atoms with Crippen LogP contribution in [-0.2, 0) is 4.74 Å². The van der Waals surface area contributed by atoms with Gasteiger partial charge in [0, 0.05) is 0 Å². The van der Waals surface area contributed by atoms with E-state index in [0.717, 1.165) is 0 Å². The molecule has 2 atom stereocenters. The minimum absolute atomic E-state index is 0.940. The molecule has 2 unspecified atom stereocenters. The Labute approximate surface area is 80.3 Å². The third-order valence-electron chi connectivity index (χ3n) is 1.31. The molecular weight excluding hydrogens is 234 g/mol. The predicted octanol–water partition coefficient (Wildman–Crippen LogP) is 0.849. The Hall–Kier alpha value is -0.540. The summed E-state index contributed by atoms with van der Waals surface area (Å²) in [6.45, 7) is -2.10. The molecule has 15 heavy (non-hydrogen) atoms. The van der Waals surface area contributed by atoms with Gasteiger partial charge in [0.15, 0.2) is 0 Å². The van der Waals surface area contributed by atoms with Crippen molar-refractivity contribution in [2.45, 2.75) is 24.6 Å². The molecule has 0 radical (unpaired) electrons. The average Bonchev–Trinajstić information content (AvgIpc) is 2.11. The molecule has 0 spiro atoms. The van der Waals surface area contributed by atoms with Gasteiger partial charge >= 0.3 is 12.1 Å². The van der Waals surface area contributed by atoms with Gasteiger partial charge in [-0.25, -0.2) is 4.39 Å². The van der Waals surface area contributed by atoms with Gasteiger partial charge in [-0.15, -0.1) is 0 Å². The molecule has 92 valence electrons. The second-order valence-corrected chi connectivity index (χ2v) is 2.61. The Bertz CT molecular complexity index is 194. The van der Waals surface area contributed by atoms with E-state index in [1.807, 2.05) is 0 Å². The van der Waals surface area contributed by atoms with Gasteiger partial charge in [-0.3, -0.25) is 0 Å². The first-order valence-electron chi connectivity index (χ1n) is 3.62. The van der Waals surface area contributed by atoms with E-state index in [-0.39, 0.29) is 0 Å². The molecule has 9 heteroatoms. The van der Waals surface area contributed by atoms with E-state index in [0.29, 0.717) is 0 Å². The number of halogens is 6. The molecule has 0 amide bonds. The highest BCUT2D eigenvalue weighted by Crippen LogP contribution is 2.39. The van der Waals surface area contributed by atoms with Crippen molar-refractivity contribution >= 4 is 0 Å². The van der Waals surface area contributed by atoms with Gasteiger partial charge in [-0.1, -0.05) is 0 Å². The first-order valence-corrected chi connectivity index (χ1v) is 3.62. The molecule has 0 aliphatic heterocycles. The monoisotopic (exact) mass is 242 g/mol. The van der Waals surface area contributed by atoms with Gasteiger partial charge in [-0.2, -0.15) is 22.0 Å². The summed E-state index contributed by atoms with van der Waals surface area (Å²) >= 11 is 0. The van der Waals surface area contributed by atoms with Crippen LogP contribution in [0.5, 0.6) is 0 Å². The van der Waals surface area contributed by atoms with E-state index in [2.05, 4.69) is 4.74 Å². The predicted molar refractivity (Wildman–Crippen MR) is 34.9 cm³/mol. The number of hydrogen-bond acceptors (Lipinski definition) is 3. The fourth-order valence-corrected chi connectivity index (χ4v) is 0.482. The van der Waals surface area contributed by atoms with Crippen LogP contribution in [0.3, 0.4) is 0 Å². The Balaban J connectivity index is 4.26. The van der Waals surface area contributed by atoms with Crippen LogP contribution in [0, 0.1) is 0 Å². The van der Waals surface area contributed by atoms with Crippen molar-refractivity contribution in [3.8, 4) is 0 Å². The number of aliphatic hydroxyl groups is 2. The lowest BCUT2D eigenvalue weighted by molar-refractivity contribution is -0.342. The van der Waals surface area contributed by atoms with Crippen molar-refractivity contribution in [2.24, 2.45) is 0 Å². The van der Waals surface area contributed by atoms with E-state index in [4.69, 9.17) is 10.2 Å². The normalized spacial score (nSPS) is 17.6. The van der Waals surface area contributed by atoms with Crippen molar-refractivity contribution in [1.29, 1.82) is 0 Å². The zero-order valence-electron chi connectivity index (χ0n) is 7.14. The number of rotatable bonds is 5. The number of aliphatic hydroxyl groups excluding tert-OH is 2. The second kappa shape index (κ2) is 4.99. The van der Waals surface area contributed by atoms with Gasteiger partial charge in [0.2, 0.25) is 0 Å². The third-order valence-corrected chi connectivity index (χ3v) is 1.31. The quantitative estimate of drug-likeness (QED) is 0.702. The first kappa shape index (κ1) is 14.5. The topological polar surface area (TPSA) is 49.7 Å². The van der Waals surface area contributed by atoms with E-state index in [9.17, 15) is 26.3 Å². The number of hydrogen-bond donors (Lipinski definition) is 2. The Kier molecular flexibility index (Phi) is 4.81. The lowest BCUT2D eigenvalue weighted by Gasteiger charge is -2.23. The van der Waals surface area contributed by atoms with Gasteiger partial charge in [-0.05, 0) is 0 Å². The lowest BCUT2D eigenvalue weighted by Crippen LogP contribution is -2.47. The maximum Gasteiger partial charge on any atom is 0.459 e. The van der Waals surface area contributed by atoms with E-state index >= 15 is 0 Å². The minimum Gasteiger partial charge on any atom is -0.394 e. The van der Waals surface area contributed by atoms with Crippen molar-refractivity contribution in [3.63, 3.8) is 0 Å². The molecule has 2 N–H and O–H groups in total. The SMILES string of the molecule is OCC(O)COC(F)C(F)(F)C(F)(F)F. The Morgan fingerprint density at radius 3 is 1.93 bits per heavy atom. The largest absolute Gasteiger partial charge is 0.459 e. The smallest absolute Gasteiger partial charge is 0.394 e. The van der Waals surface area contributed by atoms with Crippen molar-refractivity contribution in [2.75, 3.05) is 13.2 Å². The molecule has 0 aliphatic carbocycles. The van der Waals surface area contributed by atoms with Gasteiger partial charge in [0.25, 0.3) is 6.36 Å². The van der Waals surface area contributed by atoms with Crippen LogP contribution in [0.15, 0.2) is 0 Å². The molecule has 0 aromatic rings. The molecule has 0 fully saturated rings. The third kappa shape index (κ3) is 3.84. The highest BCUT2D eigenvalue weighted by Gasteiger charge is 2.64. The summed E-state index contributed by atoms with van der Waals surface area (Å²) in [4.78, 5) is 0. The Morgan fingerprint density at radius 1 is 1.13 bits per heavy atom. The summed E-state index contributed by atoms with van der Waals surface area (Å²) < 4.78 is 74.5. The molecule has 0 heterocycles. The highest BCUT2D eigenvalue weighted by atomic mass is 19.4. The van der Waals surface area contributed by atoms with Crippen LogP contribution in [-0.4, -0.2) is 48.0 Å². The number of alkyl halides is 6. The first-order chi connectivity index (χ1) is 6.63.